The minimum absolute atomic E-state index is 0.0185. The standard InChI is InChI=1S/C15H8F2N2O4/c16-15(17,9-4-3-7-18-8-9)14(22)23-19-12(20)10-5-1-2-6-11(10)13(19)21/h1-8H. The highest BCUT2D eigenvalue weighted by Gasteiger charge is 2.48. The largest absolute Gasteiger partial charge is 0.407 e. The maximum atomic E-state index is 14.0. The Bertz CT molecular complexity index is 773. The third-order valence-electron chi connectivity index (χ3n) is 3.21. The number of aromatic nitrogens is 1. The van der Waals surface area contributed by atoms with Crippen molar-refractivity contribution in [2.45, 2.75) is 5.92 Å². The lowest BCUT2D eigenvalue weighted by Gasteiger charge is -2.18. The average molecular weight is 318 g/mol. The molecule has 2 heterocycles. The average Bonchev–Trinajstić information content (AvgIpc) is 2.81. The number of pyridine rings is 1. The van der Waals surface area contributed by atoms with Gasteiger partial charge in [0.05, 0.1) is 16.7 Å². The van der Waals surface area contributed by atoms with Crippen molar-refractivity contribution in [1.82, 2.24) is 10.0 Å². The highest BCUT2D eigenvalue weighted by molar-refractivity contribution is 6.20. The molecule has 1 aliphatic rings. The van der Waals surface area contributed by atoms with Crippen LogP contribution in [0.1, 0.15) is 26.3 Å². The van der Waals surface area contributed by atoms with Gasteiger partial charge in [0.1, 0.15) is 0 Å². The van der Waals surface area contributed by atoms with Gasteiger partial charge in [0, 0.05) is 12.4 Å². The van der Waals surface area contributed by atoms with Crippen molar-refractivity contribution in [2.75, 3.05) is 0 Å². The predicted octanol–water partition coefficient (Wildman–Crippen LogP) is 1.93. The van der Waals surface area contributed by atoms with E-state index in [0.29, 0.717) is 0 Å². The fourth-order valence-corrected chi connectivity index (χ4v) is 2.06. The van der Waals surface area contributed by atoms with E-state index in [1.165, 1.54) is 36.5 Å². The molecule has 0 N–H and O–H groups in total. The van der Waals surface area contributed by atoms with Crippen LogP contribution in [-0.2, 0) is 15.6 Å². The van der Waals surface area contributed by atoms with Gasteiger partial charge in [-0.05, 0) is 24.3 Å². The SMILES string of the molecule is O=C1c2ccccc2C(=O)N1OC(=O)C(F)(F)c1cccnc1. The smallest absolute Gasteiger partial charge is 0.323 e. The molecule has 0 fully saturated rings. The Morgan fingerprint density at radius 1 is 1.04 bits per heavy atom. The number of halogens is 2. The first-order valence-corrected chi connectivity index (χ1v) is 6.41. The van der Waals surface area contributed by atoms with Crippen molar-refractivity contribution in [2.24, 2.45) is 0 Å². The molecular weight excluding hydrogens is 310 g/mol. The second kappa shape index (κ2) is 5.24. The van der Waals surface area contributed by atoms with Gasteiger partial charge in [0.15, 0.2) is 0 Å². The Labute approximate surface area is 128 Å². The summed E-state index contributed by atoms with van der Waals surface area (Å²) in [6.07, 6.45) is 2.05. The number of hydroxylamine groups is 2. The van der Waals surface area contributed by atoms with E-state index in [2.05, 4.69) is 9.82 Å². The Morgan fingerprint density at radius 2 is 1.65 bits per heavy atom. The van der Waals surface area contributed by atoms with Crippen molar-refractivity contribution < 1.29 is 28.0 Å². The third-order valence-corrected chi connectivity index (χ3v) is 3.21. The van der Waals surface area contributed by atoms with Crippen molar-refractivity contribution in [1.29, 1.82) is 0 Å². The Hall–Kier alpha value is -3.16. The Morgan fingerprint density at radius 3 is 2.17 bits per heavy atom. The summed E-state index contributed by atoms with van der Waals surface area (Å²) in [5.74, 6) is -8.04. The summed E-state index contributed by atoms with van der Waals surface area (Å²) in [6, 6.07) is 7.87. The van der Waals surface area contributed by atoms with Gasteiger partial charge >= 0.3 is 11.9 Å². The van der Waals surface area contributed by atoms with Crippen LogP contribution < -0.4 is 0 Å². The first-order valence-electron chi connectivity index (χ1n) is 6.41. The van der Waals surface area contributed by atoms with Crippen LogP contribution in [0.2, 0.25) is 0 Å². The van der Waals surface area contributed by atoms with Crippen LogP contribution in [0.25, 0.3) is 0 Å². The number of imide groups is 1. The van der Waals surface area contributed by atoms with Gasteiger partial charge in [-0.2, -0.15) is 8.78 Å². The van der Waals surface area contributed by atoms with Crippen molar-refractivity contribution in [3.63, 3.8) is 0 Å². The zero-order valence-corrected chi connectivity index (χ0v) is 11.4. The summed E-state index contributed by atoms with van der Waals surface area (Å²) in [4.78, 5) is 43.5. The summed E-state index contributed by atoms with van der Waals surface area (Å²) < 4.78 is 28.0. The van der Waals surface area contributed by atoms with Gasteiger partial charge < -0.3 is 4.84 Å². The summed E-state index contributed by atoms with van der Waals surface area (Å²) >= 11 is 0. The maximum Gasteiger partial charge on any atom is 0.407 e. The third kappa shape index (κ3) is 2.33. The van der Waals surface area contributed by atoms with E-state index in [-0.39, 0.29) is 16.2 Å². The number of hydrogen-bond acceptors (Lipinski definition) is 5. The summed E-state index contributed by atoms with van der Waals surface area (Å²) in [5, 5.41) is 0.0390. The number of fused-ring (bicyclic) bond motifs is 1. The number of rotatable bonds is 3. The number of carbonyl (C=O) groups excluding carboxylic acids is 3. The molecule has 0 saturated heterocycles. The minimum Gasteiger partial charge on any atom is -0.323 e. The topological polar surface area (TPSA) is 76.6 Å². The number of hydrogen-bond donors (Lipinski definition) is 0. The Balaban J connectivity index is 1.85. The van der Waals surface area contributed by atoms with E-state index in [4.69, 9.17) is 0 Å². The molecule has 0 unspecified atom stereocenters. The summed E-state index contributed by atoms with van der Waals surface area (Å²) in [6.45, 7) is 0. The Kier molecular flexibility index (Phi) is 3.36. The zero-order chi connectivity index (χ0) is 16.6. The van der Waals surface area contributed by atoms with Crippen LogP contribution in [0.15, 0.2) is 48.8 Å². The van der Waals surface area contributed by atoms with Crippen LogP contribution in [0.4, 0.5) is 8.78 Å². The molecule has 6 nitrogen and oxygen atoms in total. The molecule has 1 aliphatic heterocycles. The van der Waals surface area contributed by atoms with Gasteiger partial charge in [0.2, 0.25) is 0 Å². The zero-order valence-electron chi connectivity index (χ0n) is 11.4. The molecule has 0 spiro atoms. The normalized spacial score (nSPS) is 13.9. The van der Waals surface area contributed by atoms with Gasteiger partial charge in [0.25, 0.3) is 11.8 Å². The van der Waals surface area contributed by atoms with Crippen LogP contribution in [-0.4, -0.2) is 27.8 Å². The molecular formula is C15H8F2N2O4. The van der Waals surface area contributed by atoms with E-state index in [0.717, 1.165) is 12.3 Å². The minimum atomic E-state index is -4.05. The van der Waals surface area contributed by atoms with E-state index < -0.39 is 29.3 Å². The van der Waals surface area contributed by atoms with E-state index in [9.17, 15) is 23.2 Å². The van der Waals surface area contributed by atoms with Crippen LogP contribution in [0.3, 0.4) is 0 Å². The van der Waals surface area contributed by atoms with Crippen molar-refractivity contribution >= 4 is 17.8 Å². The predicted molar refractivity (Wildman–Crippen MR) is 71.2 cm³/mol. The lowest BCUT2D eigenvalue weighted by atomic mass is 10.1. The maximum absolute atomic E-state index is 14.0. The van der Waals surface area contributed by atoms with Crippen molar-refractivity contribution in [3.05, 3.63) is 65.5 Å². The molecule has 0 aliphatic carbocycles. The quantitative estimate of drug-likeness (QED) is 0.808. The molecule has 0 atom stereocenters. The molecule has 3 rings (SSSR count). The molecule has 1 aromatic carbocycles. The first-order chi connectivity index (χ1) is 10.9. The van der Waals surface area contributed by atoms with E-state index in [1.54, 1.807) is 0 Å². The highest BCUT2D eigenvalue weighted by atomic mass is 19.3. The molecule has 0 bridgehead atoms. The second-order valence-electron chi connectivity index (χ2n) is 4.65. The number of amides is 2. The fourth-order valence-electron chi connectivity index (χ4n) is 2.06. The molecule has 23 heavy (non-hydrogen) atoms. The second-order valence-corrected chi connectivity index (χ2v) is 4.65. The van der Waals surface area contributed by atoms with Crippen molar-refractivity contribution in [3.8, 4) is 0 Å². The molecule has 0 radical (unpaired) electrons. The lowest BCUT2D eigenvalue weighted by Crippen LogP contribution is -2.38. The lowest BCUT2D eigenvalue weighted by molar-refractivity contribution is -0.198. The van der Waals surface area contributed by atoms with Gasteiger partial charge in [-0.1, -0.05) is 17.2 Å². The number of benzene rings is 1. The van der Waals surface area contributed by atoms with E-state index >= 15 is 0 Å². The summed E-state index contributed by atoms with van der Waals surface area (Å²) in [7, 11) is 0. The van der Waals surface area contributed by atoms with Gasteiger partial charge in [-0.15, -0.1) is 0 Å². The van der Waals surface area contributed by atoms with Gasteiger partial charge in [-0.3, -0.25) is 14.6 Å². The van der Waals surface area contributed by atoms with Crippen LogP contribution >= 0.6 is 0 Å². The molecule has 116 valence electrons. The highest BCUT2D eigenvalue weighted by Crippen LogP contribution is 2.31. The molecule has 2 aromatic rings. The summed E-state index contributed by atoms with van der Waals surface area (Å²) in [5.41, 5.74) is -0.744. The van der Waals surface area contributed by atoms with E-state index in [1.807, 2.05) is 0 Å². The molecule has 0 saturated carbocycles. The molecule has 2 amide bonds. The number of carbonyl (C=O) groups is 3. The monoisotopic (exact) mass is 318 g/mol. The molecule has 1 aromatic heterocycles. The van der Waals surface area contributed by atoms with Crippen LogP contribution in [0.5, 0.6) is 0 Å². The van der Waals surface area contributed by atoms with Gasteiger partial charge in [-0.25, -0.2) is 4.79 Å². The molecule has 8 heteroatoms. The number of nitrogens with zero attached hydrogens (tertiary/aromatic N) is 2. The first kappa shape index (κ1) is 14.8. The fraction of sp³-hybridized carbons (Fsp3) is 0.0667. The van der Waals surface area contributed by atoms with Crippen LogP contribution in [0, 0.1) is 0 Å². The number of alkyl halides is 2.